The predicted molar refractivity (Wildman–Crippen MR) is 75.5 cm³/mol. The van der Waals surface area contributed by atoms with Crippen molar-refractivity contribution in [1.29, 1.82) is 0 Å². The Bertz CT molecular complexity index is 539. The Morgan fingerprint density at radius 1 is 1.53 bits per heavy atom. The van der Waals surface area contributed by atoms with Crippen molar-refractivity contribution in [2.45, 2.75) is 24.0 Å². The summed E-state index contributed by atoms with van der Waals surface area (Å²) in [6.07, 6.45) is 3.58. The summed E-state index contributed by atoms with van der Waals surface area (Å²) in [4.78, 5) is 24.3. The van der Waals surface area contributed by atoms with E-state index in [0.29, 0.717) is 11.3 Å². The maximum atomic E-state index is 11.8. The summed E-state index contributed by atoms with van der Waals surface area (Å²) in [7, 11) is 0. The number of carbonyl (C=O) groups is 2. The first kappa shape index (κ1) is 13.7. The second kappa shape index (κ2) is 5.93. The lowest BCUT2D eigenvalue weighted by Gasteiger charge is -2.21. The van der Waals surface area contributed by atoms with Crippen LogP contribution in [0, 0.1) is 0 Å². The van der Waals surface area contributed by atoms with E-state index < -0.39 is 5.97 Å². The highest BCUT2D eigenvalue weighted by molar-refractivity contribution is 8.00. The average molecular weight is 277 g/mol. The monoisotopic (exact) mass is 277 g/mol. The first-order valence-electron chi connectivity index (χ1n) is 6.01. The van der Waals surface area contributed by atoms with E-state index in [9.17, 15) is 9.59 Å². The largest absolute Gasteiger partial charge is 0.458 e. The van der Waals surface area contributed by atoms with E-state index in [1.165, 1.54) is 11.8 Å². The lowest BCUT2D eigenvalue weighted by molar-refractivity contribution is -0.115. The number of amides is 1. The van der Waals surface area contributed by atoms with Crippen LogP contribution in [0.3, 0.4) is 0 Å². The third-order valence-corrected chi connectivity index (χ3v) is 3.87. The number of anilines is 1. The molecule has 0 bridgehead atoms. The fourth-order valence-electron chi connectivity index (χ4n) is 1.64. The Kier molecular flexibility index (Phi) is 4.27. The van der Waals surface area contributed by atoms with Gasteiger partial charge in [0.1, 0.15) is 6.61 Å². The minimum Gasteiger partial charge on any atom is -0.458 e. The van der Waals surface area contributed by atoms with Gasteiger partial charge in [0.15, 0.2) is 0 Å². The lowest BCUT2D eigenvalue weighted by atomic mass is 10.2. The highest BCUT2D eigenvalue weighted by atomic mass is 32.2. The Morgan fingerprint density at radius 2 is 2.32 bits per heavy atom. The highest BCUT2D eigenvalue weighted by Crippen LogP contribution is 2.35. The molecule has 1 N–H and O–H groups in total. The molecule has 0 spiro atoms. The number of carbonyl (C=O) groups excluding carboxylic acids is 2. The highest BCUT2D eigenvalue weighted by Gasteiger charge is 2.23. The van der Waals surface area contributed by atoms with Gasteiger partial charge in [-0.05, 0) is 32.0 Å². The quantitative estimate of drug-likeness (QED) is 0.682. The van der Waals surface area contributed by atoms with Crippen molar-refractivity contribution in [3.63, 3.8) is 0 Å². The van der Waals surface area contributed by atoms with Crippen LogP contribution in [0.2, 0.25) is 0 Å². The summed E-state index contributed by atoms with van der Waals surface area (Å²) in [6.45, 7) is 3.97. The second-order valence-electron chi connectivity index (χ2n) is 4.13. The molecule has 5 heteroatoms. The fourth-order valence-corrected chi connectivity index (χ4v) is 2.57. The maximum Gasteiger partial charge on any atom is 0.338 e. The number of thioether (sulfide) groups is 1. The number of benzene rings is 1. The van der Waals surface area contributed by atoms with E-state index in [2.05, 4.69) is 5.32 Å². The third-order valence-electron chi connectivity index (χ3n) is 2.69. The Hall–Kier alpha value is -1.75. The Labute approximate surface area is 116 Å². The Balaban J connectivity index is 2.15. The first-order chi connectivity index (χ1) is 9.11. The topological polar surface area (TPSA) is 55.4 Å². The molecule has 0 radical (unpaired) electrons. The van der Waals surface area contributed by atoms with Crippen molar-refractivity contribution >= 4 is 29.3 Å². The van der Waals surface area contributed by atoms with Crippen LogP contribution in [-0.4, -0.2) is 23.7 Å². The van der Waals surface area contributed by atoms with Gasteiger partial charge in [-0.2, -0.15) is 0 Å². The van der Waals surface area contributed by atoms with Gasteiger partial charge in [0, 0.05) is 4.90 Å². The van der Waals surface area contributed by atoms with E-state index in [4.69, 9.17) is 4.74 Å². The van der Waals surface area contributed by atoms with Crippen molar-refractivity contribution in [3.8, 4) is 0 Å². The van der Waals surface area contributed by atoms with Crippen LogP contribution in [0.4, 0.5) is 5.69 Å². The molecule has 100 valence electrons. The van der Waals surface area contributed by atoms with Crippen LogP contribution < -0.4 is 5.32 Å². The molecule has 1 aromatic rings. The molecule has 1 aromatic carbocycles. The van der Waals surface area contributed by atoms with Crippen molar-refractivity contribution < 1.29 is 14.3 Å². The standard InChI is InChI=1S/C14H15NO3S/c1-3-4-7-18-14(17)10-5-6-12-11(8-10)15-13(16)9(2)19-12/h3-6,8-9H,7H2,1-2H3,(H,15,16)/b4-3+. The summed E-state index contributed by atoms with van der Waals surface area (Å²) in [5.41, 5.74) is 1.12. The first-order valence-corrected chi connectivity index (χ1v) is 6.89. The van der Waals surface area contributed by atoms with Crippen LogP contribution in [0.5, 0.6) is 0 Å². The summed E-state index contributed by atoms with van der Waals surface area (Å²) in [5.74, 6) is -0.435. The third kappa shape index (κ3) is 3.17. The van der Waals surface area contributed by atoms with Gasteiger partial charge in [0.05, 0.1) is 16.5 Å². The number of hydrogen-bond donors (Lipinski definition) is 1. The smallest absolute Gasteiger partial charge is 0.338 e. The molecule has 4 nitrogen and oxygen atoms in total. The molecule has 1 unspecified atom stereocenters. The Morgan fingerprint density at radius 3 is 3.05 bits per heavy atom. The van der Waals surface area contributed by atoms with Crippen LogP contribution >= 0.6 is 11.8 Å². The molecule has 1 amide bonds. The number of allylic oxidation sites excluding steroid dienone is 1. The maximum absolute atomic E-state index is 11.8. The SMILES string of the molecule is C/C=C/COC(=O)c1ccc2c(c1)NC(=O)C(C)S2. The minimum absolute atomic E-state index is 0.0445. The minimum atomic E-state index is -0.390. The normalized spacial score (nSPS) is 18.0. The molecule has 1 aliphatic heterocycles. The second-order valence-corrected chi connectivity index (χ2v) is 5.51. The van der Waals surface area contributed by atoms with Crippen LogP contribution in [0.25, 0.3) is 0 Å². The molecule has 1 aliphatic rings. The molecule has 0 fully saturated rings. The fraction of sp³-hybridized carbons (Fsp3) is 0.286. The molecule has 1 heterocycles. The van der Waals surface area contributed by atoms with Crippen LogP contribution in [0.1, 0.15) is 24.2 Å². The van der Waals surface area contributed by atoms with Crippen molar-refractivity contribution in [2.75, 3.05) is 11.9 Å². The molecular formula is C14H15NO3S. The van der Waals surface area contributed by atoms with Gasteiger partial charge in [0.2, 0.25) is 5.91 Å². The summed E-state index contributed by atoms with van der Waals surface area (Å²) >= 11 is 1.49. The van der Waals surface area contributed by atoms with Crippen LogP contribution in [0.15, 0.2) is 35.2 Å². The van der Waals surface area contributed by atoms with Gasteiger partial charge in [-0.25, -0.2) is 4.79 Å². The molecule has 0 aliphatic carbocycles. The van der Waals surface area contributed by atoms with E-state index in [1.807, 2.05) is 26.0 Å². The molecule has 2 rings (SSSR count). The molecule has 1 atom stereocenters. The van der Waals surface area contributed by atoms with Gasteiger partial charge in [-0.15, -0.1) is 11.8 Å². The van der Waals surface area contributed by atoms with Gasteiger partial charge >= 0.3 is 5.97 Å². The van der Waals surface area contributed by atoms with Crippen molar-refractivity contribution in [2.24, 2.45) is 0 Å². The zero-order valence-electron chi connectivity index (χ0n) is 10.8. The number of rotatable bonds is 3. The lowest BCUT2D eigenvalue weighted by Crippen LogP contribution is -2.26. The van der Waals surface area contributed by atoms with Crippen LogP contribution in [-0.2, 0) is 9.53 Å². The predicted octanol–water partition coefficient (Wildman–Crippen LogP) is 2.85. The van der Waals surface area contributed by atoms with Gasteiger partial charge in [0.25, 0.3) is 0 Å². The summed E-state index contributed by atoms with van der Waals surface area (Å²) in [6, 6.07) is 5.21. The van der Waals surface area contributed by atoms with Gasteiger partial charge < -0.3 is 10.1 Å². The zero-order chi connectivity index (χ0) is 13.8. The molecule has 0 saturated heterocycles. The molecule has 19 heavy (non-hydrogen) atoms. The van der Waals surface area contributed by atoms with E-state index in [-0.39, 0.29) is 17.8 Å². The average Bonchev–Trinajstić information content (AvgIpc) is 2.40. The van der Waals surface area contributed by atoms with E-state index in [1.54, 1.807) is 18.2 Å². The van der Waals surface area contributed by atoms with Crippen molar-refractivity contribution in [1.82, 2.24) is 0 Å². The number of ether oxygens (including phenoxy) is 1. The van der Waals surface area contributed by atoms with E-state index >= 15 is 0 Å². The molecule has 0 aromatic heterocycles. The number of nitrogens with one attached hydrogen (secondary N) is 1. The van der Waals surface area contributed by atoms with E-state index in [0.717, 1.165) is 4.90 Å². The number of esters is 1. The number of hydrogen-bond acceptors (Lipinski definition) is 4. The van der Waals surface area contributed by atoms with Gasteiger partial charge in [-0.1, -0.05) is 12.2 Å². The van der Waals surface area contributed by atoms with Gasteiger partial charge in [-0.3, -0.25) is 4.79 Å². The number of fused-ring (bicyclic) bond motifs is 1. The molecular weight excluding hydrogens is 262 g/mol. The summed E-state index contributed by atoms with van der Waals surface area (Å²) < 4.78 is 5.06. The molecule has 0 saturated carbocycles. The summed E-state index contributed by atoms with van der Waals surface area (Å²) in [5, 5.41) is 2.68. The zero-order valence-corrected chi connectivity index (χ0v) is 11.6. The van der Waals surface area contributed by atoms with Crippen molar-refractivity contribution in [3.05, 3.63) is 35.9 Å².